The molecule has 2 unspecified atom stereocenters. The zero-order valence-electron chi connectivity index (χ0n) is 11.2. The third-order valence-corrected chi connectivity index (χ3v) is 4.10. The Balaban J connectivity index is 2.01. The van der Waals surface area contributed by atoms with Gasteiger partial charge in [0.1, 0.15) is 0 Å². The van der Waals surface area contributed by atoms with E-state index in [2.05, 4.69) is 12.2 Å². The van der Waals surface area contributed by atoms with Gasteiger partial charge >= 0.3 is 0 Å². The van der Waals surface area contributed by atoms with Crippen molar-refractivity contribution in [3.63, 3.8) is 0 Å². The molecule has 0 saturated heterocycles. The van der Waals surface area contributed by atoms with E-state index >= 15 is 0 Å². The van der Waals surface area contributed by atoms with Gasteiger partial charge in [-0.3, -0.25) is 0 Å². The van der Waals surface area contributed by atoms with Gasteiger partial charge in [0, 0.05) is 17.8 Å². The summed E-state index contributed by atoms with van der Waals surface area (Å²) < 4.78 is 0. The zero-order valence-corrected chi connectivity index (χ0v) is 11.2. The van der Waals surface area contributed by atoms with E-state index in [-0.39, 0.29) is 12.1 Å². The maximum atomic E-state index is 9.71. The number of nitrogen functional groups attached to an aromatic ring is 1. The molecule has 2 atom stereocenters. The van der Waals surface area contributed by atoms with E-state index in [1.165, 1.54) is 12.8 Å². The molecule has 0 amide bonds. The minimum absolute atomic E-state index is 0.111. The van der Waals surface area contributed by atoms with E-state index in [4.69, 9.17) is 5.73 Å². The number of hydrogen-bond acceptors (Lipinski definition) is 3. The van der Waals surface area contributed by atoms with E-state index in [0.717, 1.165) is 30.6 Å². The lowest BCUT2D eigenvalue weighted by atomic mass is 9.76. The lowest BCUT2D eigenvalue weighted by Gasteiger charge is -2.39. The number of benzene rings is 1. The molecule has 1 aliphatic rings. The number of nitrogens with one attached hydrogen (secondary N) is 1. The molecular weight excluding hydrogens is 224 g/mol. The van der Waals surface area contributed by atoms with Crippen LogP contribution >= 0.6 is 0 Å². The number of aliphatic hydroxyl groups is 1. The molecule has 2 rings (SSSR count). The molecule has 0 aliphatic heterocycles. The summed E-state index contributed by atoms with van der Waals surface area (Å²) in [6, 6.07) is 7.91. The van der Waals surface area contributed by atoms with Crippen LogP contribution in [-0.2, 0) is 6.54 Å². The monoisotopic (exact) mass is 248 g/mol. The molecule has 3 nitrogen and oxygen atoms in total. The van der Waals surface area contributed by atoms with Crippen molar-refractivity contribution in [2.24, 2.45) is 5.92 Å². The van der Waals surface area contributed by atoms with Crippen LogP contribution < -0.4 is 11.1 Å². The SMILES string of the molecule is CC1CCCC(CO)(NCc2ccccc2N)C1. The van der Waals surface area contributed by atoms with Crippen molar-refractivity contribution in [3.05, 3.63) is 29.8 Å². The first-order valence-electron chi connectivity index (χ1n) is 6.84. The molecule has 1 saturated carbocycles. The van der Waals surface area contributed by atoms with Crippen molar-refractivity contribution in [2.45, 2.75) is 44.7 Å². The highest BCUT2D eigenvalue weighted by Gasteiger charge is 2.33. The van der Waals surface area contributed by atoms with E-state index in [1.54, 1.807) is 0 Å². The Morgan fingerprint density at radius 3 is 2.89 bits per heavy atom. The van der Waals surface area contributed by atoms with E-state index in [0.29, 0.717) is 5.92 Å². The largest absolute Gasteiger partial charge is 0.398 e. The molecule has 0 heterocycles. The lowest BCUT2D eigenvalue weighted by molar-refractivity contribution is 0.0983. The molecule has 0 aromatic heterocycles. The van der Waals surface area contributed by atoms with Gasteiger partial charge in [0.05, 0.1) is 6.61 Å². The molecule has 1 fully saturated rings. The molecular formula is C15H24N2O. The van der Waals surface area contributed by atoms with Gasteiger partial charge in [-0.15, -0.1) is 0 Å². The number of anilines is 1. The fraction of sp³-hybridized carbons (Fsp3) is 0.600. The fourth-order valence-corrected chi connectivity index (χ4v) is 3.00. The number of aliphatic hydroxyl groups excluding tert-OH is 1. The number of hydrogen-bond donors (Lipinski definition) is 3. The van der Waals surface area contributed by atoms with Gasteiger partial charge in [-0.1, -0.05) is 38.0 Å². The molecule has 4 N–H and O–H groups in total. The third-order valence-electron chi connectivity index (χ3n) is 4.10. The Hall–Kier alpha value is -1.06. The van der Waals surface area contributed by atoms with Gasteiger partial charge in [0.15, 0.2) is 0 Å². The average molecular weight is 248 g/mol. The highest BCUT2D eigenvalue weighted by molar-refractivity contribution is 5.46. The molecule has 0 radical (unpaired) electrons. The molecule has 1 aliphatic carbocycles. The summed E-state index contributed by atoms with van der Waals surface area (Å²) in [6.07, 6.45) is 4.58. The van der Waals surface area contributed by atoms with Gasteiger partial charge in [0.2, 0.25) is 0 Å². The zero-order chi connectivity index (χ0) is 13.0. The van der Waals surface area contributed by atoms with E-state index in [9.17, 15) is 5.11 Å². The quantitative estimate of drug-likeness (QED) is 0.717. The Morgan fingerprint density at radius 1 is 1.44 bits per heavy atom. The van der Waals surface area contributed by atoms with Crippen LogP contribution in [0.3, 0.4) is 0 Å². The summed E-state index contributed by atoms with van der Waals surface area (Å²) in [7, 11) is 0. The number of nitrogens with two attached hydrogens (primary N) is 1. The minimum Gasteiger partial charge on any atom is -0.398 e. The maximum Gasteiger partial charge on any atom is 0.0613 e. The summed E-state index contributed by atoms with van der Waals surface area (Å²) in [5.74, 6) is 0.687. The minimum atomic E-state index is -0.111. The smallest absolute Gasteiger partial charge is 0.0613 e. The third kappa shape index (κ3) is 3.03. The maximum absolute atomic E-state index is 9.71. The second kappa shape index (κ2) is 5.72. The van der Waals surface area contributed by atoms with Crippen molar-refractivity contribution < 1.29 is 5.11 Å². The van der Waals surface area contributed by atoms with Gasteiger partial charge < -0.3 is 16.2 Å². The van der Waals surface area contributed by atoms with E-state index in [1.807, 2.05) is 24.3 Å². The standard InChI is InChI=1S/C15H24N2O/c1-12-5-4-8-15(9-12,11-18)17-10-13-6-2-3-7-14(13)16/h2-3,6-7,12,17-18H,4-5,8-11,16H2,1H3. The van der Waals surface area contributed by atoms with Crippen LogP contribution in [0.4, 0.5) is 5.69 Å². The van der Waals surface area contributed by atoms with Crippen molar-refractivity contribution >= 4 is 5.69 Å². The molecule has 18 heavy (non-hydrogen) atoms. The molecule has 3 heteroatoms. The van der Waals surface area contributed by atoms with E-state index < -0.39 is 0 Å². The van der Waals surface area contributed by atoms with Crippen LogP contribution in [-0.4, -0.2) is 17.3 Å². The van der Waals surface area contributed by atoms with Crippen LogP contribution in [0.5, 0.6) is 0 Å². The van der Waals surface area contributed by atoms with Gasteiger partial charge in [-0.25, -0.2) is 0 Å². The van der Waals surface area contributed by atoms with Crippen LogP contribution in [0.2, 0.25) is 0 Å². The van der Waals surface area contributed by atoms with Crippen LogP contribution in [0.1, 0.15) is 38.2 Å². The highest BCUT2D eigenvalue weighted by atomic mass is 16.3. The van der Waals surface area contributed by atoms with Crippen LogP contribution in [0.25, 0.3) is 0 Å². The van der Waals surface area contributed by atoms with Gasteiger partial charge in [-0.2, -0.15) is 0 Å². The first-order chi connectivity index (χ1) is 8.65. The average Bonchev–Trinajstić information content (AvgIpc) is 2.38. The van der Waals surface area contributed by atoms with Crippen LogP contribution in [0, 0.1) is 5.92 Å². The summed E-state index contributed by atoms with van der Waals surface area (Å²) >= 11 is 0. The molecule has 1 aromatic rings. The highest BCUT2D eigenvalue weighted by Crippen LogP contribution is 2.32. The number of para-hydroxylation sites is 1. The van der Waals surface area contributed by atoms with Crippen molar-refractivity contribution in [1.29, 1.82) is 0 Å². The molecule has 0 spiro atoms. The Bertz CT molecular complexity index is 394. The van der Waals surface area contributed by atoms with Crippen molar-refractivity contribution in [3.8, 4) is 0 Å². The predicted molar refractivity (Wildman–Crippen MR) is 75.1 cm³/mol. The molecule has 1 aromatic carbocycles. The Labute approximate surface area is 109 Å². The summed E-state index contributed by atoms with van der Waals surface area (Å²) in [6.45, 7) is 3.21. The summed E-state index contributed by atoms with van der Waals surface area (Å²) in [4.78, 5) is 0. The fourth-order valence-electron chi connectivity index (χ4n) is 3.00. The Kier molecular flexibility index (Phi) is 4.25. The lowest BCUT2D eigenvalue weighted by Crippen LogP contribution is -2.51. The predicted octanol–water partition coefficient (Wildman–Crippen LogP) is 2.30. The van der Waals surface area contributed by atoms with Gasteiger partial charge in [-0.05, 0) is 30.4 Å². The van der Waals surface area contributed by atoms with Gasteiger partial charge in [0.25, 0.3) is 0 Å². The molecule has 0 bridgehead atoms. The van der Waals surface area contributed by atoms with Crippen LogP contribution in [0.15, 0.2) is 24.3 Å². The first kappa shape index (κ1) is 13.4. The summed E-state index contributed by atoms with van der Waals surface area (Å²) in [5.41, 5.74) is 7.77. The second-order valence-electron chi connectivity index (χ2n) is 5.69. The number of rotatable bonds is 4. The Morgan fingerprint density at radius 2 is 2.22 bits per heavy atom. The first-order valence-corrected chi connectivity index (χ1v) is 6.84. The topological polar surface area (TPSA) is 58.3 Å². The second-order valence-corrected chi connectivity index (χ2v) is 5.69. The van der Waals surface area contributed by atoms with Crippen molar-refractivity contribution in [1.82, 2.24) is 5.32 Å². The van der Waals surface area contributed by atoms with Crippen molar-refractivity contribution in [2.75, 3.05) is 12.3 Å². The molecule has 100 valence electrons. The summed E-state index contributed by atoms with van der Waals surface area (Å²) in [5, 5.41) is 13.3. The normalized spacial score (nSPS) is 28.2.